The Labute approximate surface area is 179 Å². The Kier molecular flexibility index (Phi) is 6.25. The first-order valence-corrected chi connectivity index (χ1v) is 10.9. The highest BCUT2D eigenvalue weighted by atomic mass is 32.1. The van der Waals surface area contributed by atoms with Crippen molar-refractivity contribution in [3.8, 4) is 0 Å². The third kappa shape index (κ3) is 4.95. The minimum Gasteiger partial charge on any atom is -0.336 e. The quantitative estimate of drug-likeness (QED) is 0.639. The predicted molar refractivity (Wildman–Crippen MR) is 119 cm³/mol. The Morgan fingerprint density at radius 2 is 2.20 bits per heavy atom. The summed E-state index contributed by atoms with van der Waals surface area (Å²) in [7, 11) is 0. The van der Waals surface area contributed by atoms with Crippen LogP contribution in [0.5, 0.6) is 0 Å². The Hall–Kier alpha value is -2.97. The number of hydrogen-bond acceptors (Lipinski definition) is 5. The standard InChI is InChI=1S/C22H25N5O2S/c1-16(26-10-6-20-18(15-26)7-11-30-20)13-24-21(28)25-19-5-2-4-17(12-19)14-27-9-3-8-23-22(27)29/h2-5,7-9,11-12,16H,6,10,13-15H2,1H3,(H2,24,25,28). The number of amides is 2. The molecule has 4 rings (SSSR count). The van der Waals surface area contributed by atoms with Crippen LogP contribution in [0.3, 0.4) is 0 Å². The van der Waals surface area contributed by atoms with E-state index < -0.39 is 0 Å². The lowest BCUT2D eigenvalue weighted by atomic mass is 10.1. The normalized spacial score (nSPS) is 14.7. The highest BCUT2D eigenvalue weighted by Crippen LogP contribution is 2.25. The molecule has 0 saturated heterocycles. The van der Waals surface area contributed by atoms with E-state index in [1.807, 2.05) is 35.6 Å². The number of urea groups is 1. The van der Waals surface area contributed by atoms with Gasteiger partial charge in [0.1, 0.15) is 0 Å². The van der Waals surface area contributed by atoms with E-state index in [2.05, 4.69) is 38.9 Å². The number of fused-ring (bicyclic) bond motifs is 1. The van der Waals surface area contributed by atoms with Gasteiger partial charge in [-0.3, -0.25) is 9.47 Å². The van der Waals surface area contributed by atoms with Crippen LogP contribution in [0.2, 0.25) is 0 Å². The maximum absolute atomic E-state index is 12.4. The van der Waals surface area contributed by atoms with Crippen molar-refractivity contribution in [2.24, 2.45) is 0 Å². The van der Waals surface area contributed by atoms with Crippen LogP contribution in [0.15, 0.2) is 59.0 Å². The van der Waals surface area contributed by atoms with E-state index in [0.29, 0.717) is 18.8 Å². The topological polar surface area (TPSA) is 79.3 Å². The van der Waals surface area contributed by atoms with E-state index >= 15 is 0 Å². The third-order valence-corrected chi connectivity index (χ3v) is 6.36. The first-order valence-electron chi connectivity index (χ1n) is 10.0. The highest BCUT2D eigenvalue weighted by Gasteiger charge is 2.21. The number of nitrogens with one attached hydrogen (secondary N) is 2. The molecule has 1 aliphatic rings. The Bertz CT molecular complexity index is 1080. The fourth-order valence-corrected chi connectivity index (χ4v) is 4.53. The van der Waals surface area contributed by atoms with Gasteiger partial charge in [0, 0.05) is 48.6 Å². The second-order valence-corrected chi connectivity index (χ2v) is 8.50. The smallest absolute Gasteiger partial charge is 0.336 e. The van der Waals surface area contributed by atoms with Gasteiger partial charge in [0.2, 0.25) is 0 Å². The van der Waals surface area contributed by atoms with Gasteiger partial charge in [-0.1, -0.05) is 12.1 Å². The molecule has 8 heteroatoms. The molecule has 7 nitrogen and oxygen atoms in total. The van der Waals surface area contributed by atoms with Gasteiger partial charge in [-0.05, 0) is 54.1 Å². The van der Waals surface area contributed by atoms with Crippen molar-refractivity contribution in [1.82, 2.24) is 19.8 Å². The van der Waals surface area contributed by atoms with Crippen LogP contribution >= 0.6 is 11.3 Å². The summed E-state index contributed by atoms with van der Waals surface area (Å²) in [6.45, 7) is 5.09. The molecule has 30 heavy (non-hydrogen) atoms. The van der Waals surface area contributed by atoms with Crippen molar-refractivity contribution in [2.45, 2.75) is 32.5 Å². The number of carbonyl (C=O) groups is 1. The minimum absolute atomic E-state index is 0.231. The summed E-state index contributed by atoms with van der Waals surface area (Å²) in [5.41, 5.74) is 2.72. The molecule has 156 valence electrons. The van der Waals surface area contributed by atoms with Crippen molar-refractivity contribution in [2.75, 3.05) is 18.4 Å². The monoisotopic (exact) mass is 423 g/mol. The molecule has 1 unspecified atom stereocenters. The lowest BCUT2D eigenvalue weighted by Crippen LogP contribution is -2.45. The number of benzene rings is 1. The van der Waals surface area contributed by atoms with Crippen molar-refractivity contribution in [3.05, 3.63) is 80.7 Å². The fourth-order valence-electron chi connectivity index (χ4n) is 3.64. The fraction of sp³-hybridized carbons (Fsp3) is 0.318. The van der Waals surface area contributed by atoms with Crippen LogP contribution in [0.1, 0.15) is 22.9 Å². The van der Waals surface area contributed by atoms with Crippen molar-refractivity contribution < 1.29 is 4.79 Å². The summed E-state index contributed by atoms with van der Waals surface area (Å²) in [4.78, 5) is 31.8. The van der Waals surface area contributed by atoms with Crippen LogP contribution in [0, 0.1) is 0 Å². The van der Waals surface area contributed by atoms with Gasteiger partial charge >= 0.3 is 11.7 Å². The van der Waals surface area contributed by atoms with Gasteiger partial charge in [-0.25, -0.2) is 14.6 Å². The van der Waals surface area contributed by atoms with Crippen molar-refractivity contribution in [3.63, 3.8) is 0 Å². The zero-order valence-corrected chi connectivity index (χ0v) is 17.7. The molecule has 2 aromatic heterocycles. The molecule has 0 bridgehead atoms. The van der Waals surface area contributed by atoms with E-state index in [9.17, 15) is 9.59 Å². The average molecular weight is 424 g/mol. The van der Waals surface area contributed by atoms with E-state index in [1.54, 1.807) is 12.3 Å². The molecule has 2 N–H and O–H groups in total. The molecule has 0 spiro atoms. The number of nitrogens with zero attached hydrogens (tertiary/aromatic N) is 3. The Morgan fingerprint density at radius 1 is 1.30 bits per heavy atom. The van der Waals surface area contributed by atoms with E-state index in [-0.39, 0.29) is 17.8 Å². The zero-order chi connectivity index (χ0) is 20.9. The van der Waals surface area contributed by atoms with E-state index in [1.165, 1.54) is 21.2 Å². The zero-order valence-electron chi connectivity index (χ0n) is 16.9. The second-order valence-electron chi connectivity index (χ2n) is 7.50. The number of aromatic nitrogens is 2. The summed E-state index contributed by atoms with van der Waals surface area (Å²) in [5, 5.41) is 8.01. The van der Waals surface area contributed by atoms with Gasteiger partial charge in [0.25, 0.3) is 0 Å². The first kappa shape index (κ1) is 20.3. The van der Waals surface area contributed by atoms with E-state index in [0.717, 1.165) is 25.1 Å². The molecule has 0 saturated carbocycles. The molecule has 0 radical (unpaired) electrons. The lowest BCUT2D eigenvalue weighted by molar-refractivity contribution is 0.188. The number of hydrogen-bond donors (Lipinski definition) is 2. The van der Waals surface area contributed by atoms with E-state index in [4.69, 9.17) is 0 Å². The summed E-state index contributed by atoms with van der Waals surface area (Å²) >= 11 is 1.83. The van der Waals surface area contributed by atoms with Crippen LogP contribution in [-0.4, -0.2) is 39.6 Å². The van der Waals surface area contributed by atoms with Gasteiger partial charge in [-0.2, -0.15) is 0 Å². The van der Waals surface area contributed by atoms with Gasteiger partial charge in [-0.15, -0.1) is 11.3 Å². The first-order chi connectivity index (χ1) is 14.6. The average Bonchev–Trinajstić information content (AvgIpc) is 3.22. The molecule has 3 heterocycles. The lowest BCUT2D eigenvalue weighted by Gasteiger charge is -2.32. The van der Waals surface area contributed by atoms with Gasteiger partial charge in [0.15, 0.2) is 0 Å². The van der Waals surface area contributed by atoms with Gasteiger partial charge < -0.3 is 10.6 Å². The van der Waals surface area contributed by atoms with Crippen LogP contribution < -0.4 is 16.3 Å². The highest BCUT2D eigenvalue weighted by molar-refractivity contribution is 7.10. The Morgan fingerprint density at radius 3 is 3.07 bits per heavy atom. The summed E-state index contributed by atoms with van der Waals surface area (Å²) < 4.78 is 1.53. The Balaban J connectivity index is 1.29. The number of thiophene rings is 1. The third-order valence-electron chi connectivity index (χ3n) is 5.34. The molecule has 1 aromatic carbocycles. The van der Waals surface area contributed by atoms with Gasteiger partial charge in [0.05, 0.1) is 6.54 Å². The summed E-state index contributed by atoms with van der Waals surface area (Å²) in [6.07, 6.45) is 4.25. The maximum atomic E-state index is 12.4. The minimum atomic E-state index is -0.296. The molecule has 0 aliphatic carbocycles. The molecular weight excluding hydrogens is 398 g/mol. The van der Waals surface area contributed by atoms with Crippen LogP contribution in [0.25, 0.3) is 0 Å². The summed E-state index contributed by atoms with van der Waals surface area (Å²) in [5.74, 6) is 0. The van der Waals surface area contributed by atoms with Crippen molar-refractivity contribution >= 4 is 23.1 Å². The molecule has 1 atom stereocenters. The summed E-state index contributed by atoms with van der Waals surface area (Å²) in [6, 6.07) is 11.4. The number of anilines is 1. The molecular formula is C22H25N5O2S. The maximum Gasteiger partial charge on any atom is 0.347 e. The second kappa shape index (κ2) is 9.23. The molecule has 0 fully saturated rings. The molecule has 2 amide bonds. The van der Waals surface area contributed by atoms with Crippen LogP contribution in [0.4, 0.5) is 10.5 Å². The predicted octanol–water partition coefficient (Wildman–Crippen LogP) is 2.92. The molecule has 3 aromatic rings. The van der Waals surface area contributed by atoms with Crippen LogP contribution in [-0.2, 0) is 19.5 Å². The number of rotatable bonds is 6. The largest absolute Gasteiger partial charge is 0.347 e. The molecule has 1 aliphatic heterocycles. The number of carbonyl (C=O) groups excluding carboxylic acids is 1. The SMILES string of the molecule is CC(CNC(=O)Nc1cccc(Cn2cccnc2=O)c1)N1CCc2sccc2C1. The van der Waals surface area contributed by atoms with Crippen molar-refractivity contribution in [1.29, 1.82) is 0 Å².